The van der Waals surface area contributed by atoms with E-state index in [0.717, 1.165) is 45.7 Å². The number of hydrogen-bond donors (Lipinski definition) is 0. The number of carbonyl (C=O) groups is 1. The molecular formula is C28H38N2O2. The molecule has 1 aromatic rings. The average molecular weight is 435 g/mol. The molecule has 2 aliphatic carbocycles. The number of rotatable bonds is 5. The molecule has 5 unspecified atom stereocenters. The maximum Gasteiger partial charge on any atom is 0.311 e. The predicted octanol–water partition coefficient (Wildman–Crippen LogP) is 4.63. The quantitative estimate of drug-likeness (QED) is 0.500. The van der Waals surface area contributed by atoms with Gasteiger partial charge in [-0.05, 0) is 36.2 Å². The highest BCUT2D eigenvalue weighted by atomic mass is 16.6. The second-order valence-electron chi connectivity index (χ2n) is 10.8. The van der Waals surface area contributed by atoms with Crippen LogP contribution in [0.2, 0.25) is 0 Å². The van der Waals surface area contributed by atoms with Gasteiger partial charge in [0.2, 0.25) is 0 Å². The van der Waals surface area contributed by atoms with Gasteiger partial charge in [0.25, 0.3) is 0 Å². The van der Waals surface area contributed by atoms with Crippen molar-refractivity contribution in [2.24, 2.45) is 23.2 Å². The van der Waals surface area contributed by atoms with Crippen molar-refractivity contribution in [3.8, 4) is 0 Å². The van der Waals surface area contributed by atoms with Crippen LogP contribution in [0.3, 0.4) is 0 Å². The summed E-state index contributed by atoms with van der Waals surface area (Å²) in [5, 5.41) is 0. The third-order valence-corrected chi connectivity index (χ3v) is 8.47. The van der Waals surface area contributed by atoms with Crippen LogP contribution >= 0.6 is 0 Å². The Morgan fingerprint density at radius 3 is 2.66 bits per heavy atom. The molecular weight excluding hydrogens is 396 g/mol. The molecule has 0 aromatic heterocycles. The monoisotopic (exact) mass is 434 g/mol. The van der Waals surface area contributed by atoms with E-state index in [-0.39, 0.29) is 29.3 Å². The number of benzene rings is 1. The number of esters is 1. The fraction of sp³-hybridized carbons (Fsp3) is 0.607. The highest BCUT2D eigenvalue weighted by Crippen LogP contribution is 2.54. The minimum absolute atomic E-state index is 0.00991. The Bertz CT molecular complexity index is 871. The number of carbonyl (C=O) groups excluding carboxylic acids is 1. The molecule has 0 N–H and O–H groups in total. The molecule has 5 atom stereocenters. The summed E-state index contributed by atoms with van der Waals surface area (Å²) in [7, 11) is 0. The topological polar surface area (TPSA) is 32.8 Å². The minimum atomic E-state index is 0.00991. The van der Waals surface area contributed by atoms with Gasteiger partial charge in [-0.15, -0.1) is 0 Å². The summed E-state index contributed by atoms with van der Waals surface area (Å²) in [5.74, 6) is 0.979. The van der Waals surface area contributed by atoms with Crippen LogP contribution in [0.15, 0.2) is 48.1 Å². The van der Waals surface area contributed by atoms with Crippen LogP contribution in [0.4, 0.5) is 0 Å². The molecule has 1 aromatic carbocycles. The minimum Gasteiger partial charge on any atom is -0.461 e. The SMILES string of the molecule is CC1CCCC2(C)CC3OC(=O)C(CN4CCN(CC=Cc5ccccc5)CC4)C3C=C12. The van der Waals surface area contributed by atoms with E-state index in [9.17, 15) is 4.79 Å². The van der Waals surface area contributed by atoms with Crippen molar-refractivity contribution in [1.29, 1.82) is 0 Å². The van der Waals surface area contributed by atoms with E-state index < -0.39 is 0 Å². The van der Waals surface area contributed by atoms with Crippen LogP contribution in [0, 0.1) is 23.2 Å². The van der Waals surface area contributed by atoms with Gasteiger partial charge in [0, 0.05) is 45.2 Å². The highest BCUT2D eigenvalue weighted by molar-refractivity contribution is 5.76. The van der Waals surface area contributed by atoms with Crippen LogP contribution in [0.1, 0.15) is 45.1 Å². The molecule has 2 heterocycles. The summed E-state index contributed by atoms with van der Waals surface area (Å²) in [6.45, 7) is 10.8. The lowest BCUT2D eigenvalue weighted by molar-refractivity contribution is -0.145. The number of allylic oxidation sites excluding steroid dienone is 1. The van der Waals surface area contributed by atoms with Gasteiger partial charge in [0.15, 0.2) is 0 Å². The van der Waals surface area contributed by atoms with E-state index in [2.05, 4.69) is 72.2 Å². The summed E-state index contributed by atoms with van der Waals surface area (Å²) in [5.41, 5.74) is 3.11. The molecule has 5 rings (SSSR count). The van der Waals surface area contributed by atoms with Crippen LogP contribution in [0.25, 0.3) is 6.08 Å². The first-order chi connectivity index (χ1) is 15.5. The number of ether oxygens (including phenoxy) is 1. The predicted molar refractivity (Wildman–Crippen MR) is 129 cm³/mol. The van der Waals surface area contributed by atoms with E-state index in [1.807, 2.05) is 0 Å². The Labute approximate surface area is 193 Å². The van der Waals surface area contributed by atoms with Crippen molar-refractivity contribution >= 4 is 12.0 Å². The summed E-state index contributed by atoms with van der Waals surface area (Å²) >= 11 is 0. The third kappa shape index (κ3) is 4.45. The largest absolute Gasteiger partial charge is 0.461 e. The fourth-order valence-electron chi connectivity index (χ4n) is 6.59. The molecule has 3 fully saturated rings. The summed E-state index contributed by atoms with van der Waals surface area (Å²) < 4.78 is 5.96. The normalized spacial score (nSPS) is 35.9. The second kappa shape index (κ2) is 9.15. The van der Waals surface area contributed by atoms with E-state index in [1.54, 1.807) is 5.57 Å². The number of nitrogens with zero attached hydrogens (tertiary/aromatic N) is 2. The molecule has 2 aliphatic heterocycles. The van der Waals surface area contributed by atoms with Crippen LogP contribution in [-0.2, 0) is 9.53 Å². The average Bonchev–Trinajstić information content (AvgIpc) is 3.08. The zero-order valence-corrected chi connectivity index (χ0v) is 19.7. The van der Waals surface area contributed by atoms with Gasteiger partial charge < -0.3 is 4.74 Å². The van der Waals surface area contributed by atoms with Crippen molar-refractivity contribution in [3.63, 3.8) is 0 Å². The molecule has 2 saturated heterocycles. The Balaban J connectivity index is 1.16. The zero-order valence-electron chi connectivity index (χ0n) is 19.7. The number of piperazine rings is 1. The van der Waals surface area contributed by atoms with Crippen LogP contribution in [0.5, 0.6) is 0 Å². The Morgan fingerprint density at radius 2 is 1.88 bits per heavy atom. The van der Waals surface area contributed by atoms with Crippen molar-refractivity contribution in [1.82, 2.24) is 9.80 Å². The standard InChI is InChI=1S/C28H38N2O2/c1-21-8-6-12-28(2)19-26-23(18-25(21)28)24(27(31)32-26)20-30-16-14-29(15-17-30)13-7-11-22-9-4-3-5-10-22/h3-5,7,9-11,18,21,23-24,26H,6,8,12-17,19-20H2,1-2H3. The first-order valence-electron chi connectivity index (χ1n) is 12.6. The molecule has 4 heteroatoms. The van der Waals surface area contributed by atoms with Crippen molar-refractivity contribution in [2.45, 2.75) is 45.6 Å². The maximum atomic E-state index is 12.8. The molecule has 0 radical (unpaired) electrons. The van der Waals surface area contributed by atoms with Crippen LogP contribution < -0.4 is 0 Å². The van der Waals surface area contributed by atoms with Gasteiger partial charge in [-0.1, -0.05) is 74.4 Å². The van der Waals surface area contributed by atoms with Gasteiger partial charge in [-0.2, -0.15) is 0 Å². The third-order valence-electron chi connectivity index (χ3n) is 8.47. The lowest BCUT2D eigenvalue weighted by Gasteiger charge is -2.46. The van der Waals surface area contributed by atoms with E-state index >= 15 is 0 Å². The maximum absolute atomic E-state index is 12.8. The van der Waals surface area contributed by atoms with Crippen LogP contribution in [-0.4, -0.2) is 61.1 Å². The fourth-order valence-corrected chi connectivity index (χ4v) is 6.59. The summed E-state index contributed by atoms with van der Waals surface area (Å²) in [4.78, 5) is 17.8. The lowest BCUT2D eigenvalue weighted by Crippen LogP contribution is -2.49. The lowest BCUT2D eigenvalue weighted by atomic mass is 9.59. The number of fused-ring (bicyclic) bond motifs is 2. The molecule has 32 heavy (non-hydrogen) atoms. The molecule has 4 nitrogen and oxygen atoms in total. The Morgan fingerprint density at radius 1 is 1.12 bits per heavy atom. The molecule has 172 valence electrons. The van der Waals surface area contributed by atoms with Gasteiger partial charge in [0.05, 0.1) is 5.92 Å². The Hall–Kier alpha value is -1.91. The highest BCUT2D eigenvalue weighted by Gasteiger charge is 2.52. The summed E-state index contributed by atoms with van der Waals surface area (Å²) in [6.07, 6.45) is 11.9. The van der Waals surface area contributed by atoms with Gasteiger partial charge >= 0.3 is 5.97 Å². The van der Waals surface area contributed by atoms with Crippen molar-refractivity contribution in [3.05, 3.63) is 53.6 Å². The first kappa shape index (κ1) is 21.9. The van der Waals surface area contributed by atoms with E-state index in [4.69, 9.17) is 4.74 Å². The van der Waals surface area contributed by atoms with Gasteiger partial charge in [0.1, 0.15) is 6.10 Å². The molecule has 1 saturated carbocycles. The molecule has 0 amide bonds. The summed E-state index contributed by atoms with van der Waals surface area (Å²) in [6, 6.07) is 10.5. The molecule has 4 aliphatic rings. The van der Waals surface area contributed by atoms with E-state index in [1.165, 1.54) is 24.8 Å². The second-order valence-corrected chi connectivity index (χ2v) is 10.8. The zero-order chi connectivity index (χ0) is 22.1. The molecule has 0 spiro atoms. The van der Waals surface area contributed by atoms with Crippen molar-refractivity contribution < 1.29 is 9.53 Å². The first-order valence-corrected chi connectivity index (χ1v) is 12.6. The molecule has 0 bridgehead atoms. The Kier molecular flexibility index (Phi) is 6.26. The smallest absolute Gasteiger partial charge is 0.311 e. The van der Waals surface area contributed by atoms with Gasteiger partial charge in [-0.25, -0.2) is 0 Å². The van der Waals surface area contributed by atoms with Crippen molar-refractivity contribution in [2.75, 3.05) is 39.3 Å². The van der Waals surface area contributed by atoms with E-state index in [0.29, 0.717) is 5.92 Å². The number of hydrogen-bond acceptors (Lipinski definition) is 4. The van der Waals surface area contributed by atoms with Gasteiger partial charge in [-0.3, -0.25) is 14.6 Å².